The molecule has 0 aliphatic carbocycles. The van der Waals surface area contributed by atoms with Crippen LogP contribution < -0.4 is 0 Å². The van der Waals surface area contributed by atoms with E-state index < -0.39 is 0 Å². The Morgan fingerprint density at radius 1 is 1.46 bits per heavy atom. The van der Waals surface area contributed by atoms with Crippen LogP contribution in [-0.4, -0.2) is 27.6 Å². The van der Waals surface area contributed by atoms with Crippen molar-refractivity contribution in [3.8, 4) is 0 Å². The van der Waals surface area contributed by atoms with E-state index in [2.05, 4.69) is 4.98 Å². The van der Waals surface area contributed by atoms with E-state index in [0.717, 1.165) is 32.1 Å². The van der Waals surface area contributed by atoms with Gasteiger partial charge in [0.15, 0.2) is 12.1 Å². The van der Waals surface area contributed by atoms with Gasteiger partial charge in [0.25, 0.3) is 0 Å². The molecule has 0 aliphatic heterocycles. The lowest BCUT2D eigenvalue weighted by atomic mass is 10.2. The van der Waals surface area contributed by atoms with Gasteiger partial charge < -0.3 is 9.67 Å². The lowest BCUT2D eigenvalue weighted by Gasteiger charge is -2.02. The molecule has 0 unspecified atom stereocenters. The summed E-state index contributed by atoms with van der Waals surface area (Å²) < 4.78 is 1.82. The Morgan fingerprint density at radius 3 is 3.00 bits per heavy atom. The number of nitrogens with zero attached hydrogens (tertiary/aromatic N) is 2. The van der Waals surface area contributed by atoms with E-state index >= 15 is 0 Å². The van der Waals surface area contributed by atoms with Gasteiger partial charge in [0.1, 0.15) is 0 Å². The molecular weight excluding hydrogens is 168 g/mol. The van der Waals surface area contributed by atoms with Gasteiger partial charge in [-0.05, 0) is 19.3 Å². The first-order chi connectivity index (χ1) is 6.38. The first kappa shape index (κ1) is 9.92. The van der Waals surface area contributed by atoms with Gasteiger partial charge in [-0.2, -0.15) is 0 Å². The van der Waals surface area contributed by atoms with Crippen LogP contribution in [0.15, 0.2) is 12.4 Å². The van der Waals surface area contributed by atoms with E-state index in [0.29, 0.717) is 5.82 Å². The zero-order chi connectivity index (χ0) is 9.52. The molecule has 1 aromatic rings. The Kier molecular flexibility index (Phi) is 4.18. The molecular formula is C9H14N2O2. The van der Waals surface area contributed by atoms with Gasteiger partial charge in [-0.25, -0.2) is 4.98 Å². The number of carbonyl (C=O) groups is 1. The number of aryl methyl sites for hydroxylation is 1. The maximum atomic E-state index is 10.5. The van der Waals surface area contributed by atoms with E-state index in [1.54, 1.807) is 12.4 Å². The zero-order valence-electron chi connectivity index (χ0n) is 7.52. The number of carbonyl (C=O) groups excluding carboxylic acids is 1. The fourth-order valence-corrected chi connectivity index (χ4v) is 1.20. The van der Waals surface area contributed by atoms with Crippen molar-refractivity contribution < 1.29 is 9.90 Å². The van der Waals surface area contributed by atoms with Crippen molar-refractivity contribution in [3.63, 3.8) is 0 Å². The Hall–Kier alpha value is -1.16. The smallest absolute Gasteiger partial charge is 0.185 e. The van der Waals surface area contributed by atoms with Crippen LogP contribution in [0.2, 0.25) is 0 Å². The van der Waals surface area contributed by atoms with Crippen LogP contribution in [0.3, 0.4) is 0 Å². The predicted octanol–water partition coefficient (Wildman–Crippen LogP) is 0.858. The quantitative estimate of drug-likeness (QED) is 0.524. The Labute approximate surface area is 77.2 Å². The van der Waals surface area contributed by atoms with Gasteiger partial charge in [0.05, 0.1) is 0 Å². The highest BCUT2D eigenvalue weighted by atomic mass is 16.2. The van der Waals surface area contributed by atoms with Gasteiger partial charge in [0, 0.05) is 25.5 Å². The topological polar surface area (TPSA) is 55.1 Å². The average molecular weight is 182 g/mol. The van der Waals surface area contributed by atoms with Gasteiger partial charge in [0.2, 0.25) is 0 Å². The number of imidazole rings is 1. The molecule has 0 aliphatic rings. The van der Waals surface area contributed by atoms with Crippen molar-refractivity contribution in [2.75, 3.05) is 6.61 Å². The van der Waals surface area contributed by atoms with Crippen molar-refractivity contribution >= 4 is 6.29 Å². The third-order valence-electron chi connectivity index (χ3n) is 1.91. The van der Waals surface area contributed by atoms with E-state index in [-0.39, 0.29) is 6.61 Å². The number of aliphatic hydroxyl groups is 1. The summed E-state index contributed by atoms with van der Waals surface area (Å²) in [6, 6.07) is 0. The summed E-state index contributed by atoms with van der Waals surface area (Å²) in [5.74, 6) is 0.476. The summed E-state index contributed by atoms with van der Waals surface area (Å²) in [6.07, 6.45) is 6.94. The molecule has 0 aromatic carbocycles. The molecule has 1 heterocycles. The highest BCUT2D eigenvalue weighted by molar-refractivity contribution is 5.69. The molecule has 0 spiro atoms. The lowest BCUT2D eigenvalue weighted by molar-refractivity contribution is 0.111. The molecule has 0 atom stereocenters. The van der Waals surface area contributed by atoms with E-state index in [9.17, 15) is 4.79 Å². The summed E-state index contributed by atoms with van der Waals surface area (Å²) in [4.78, 5) is 14.3. The maximum absolute atomic E-state index is 10.5. The third-order valence-corrected chi connectivity index (χ3v) is 1.91. The number of aliphatic hydroxyl groups excluding tert-OH is 1. The molecule has 0 amide bonds. The number of hydrogen-bond donors (Lipinski definition) is 1. The number of unbranched alkanes of at least 4 members (excludes halogenated alkanes) is 2. The van der Waals surface area contributed by atoms with Crippen LogP contribution in [0.25, 0.3) is 0 Å². The second-order valence-corrected chi connectivity index (χ2v) is 2.88. The summed E-state index contributed by atoms with van der Waals surface area (Å²) in [6.45, 7) is 1.04. The number of aldehydes is 1. The lowest BCUT2D eigenvalue weighted by Crippen LogP contribution is -2.02. The molecule has 4 nitrogen and oxygen atoms in total. The van der Waals surface area contributed by atoms with Crippen LogP contribution >= 0.6 is 0 Å². The van der Waals surface area contributed by atoms with Gasteiger partial charge in [-0.3, -0.25) is 4.79 Å². The van der Waals surface area contributed by atoms with Crippen LogP contribution in [-0.2, 0) is 6.54 Å². The monoisotopic (exact) mass is 182 g/mol. The molecule has 72 valence electrons. The summed E-state index contributed by atoms with van der Waals surface area (Å²) in [7, 11) is 0. The van der Waals surface area contributed by atoms with Crippen LogP contribution in [0.1, 0.15) is 29.9 Å². The zero-order valence-corrected chi connectivity index (χ0v) is 7.52. The fraction of sp³-hybridized carbons (Fsp3) is 0.556. The first-order valence-electron chi connectivity index (χ1n) is 4.45. The van der Waals surface area contributed by atoms with E-state index in [1.807, 2.05) is 4.57 Å². The first-order valence-corrected chi connectivity index (χ1v) is 4.45. The van der Waals surface area contributed by atoms with Crippen molar-refractivity contribution in [3.05, 3.63) is 18.2 Å². The normalized spacial score (nSPS) is 10.2. The molecule has 13 heavy (non-hydrogen) atoms. The van der Waals surface area contributed by atoms with Crippen molar-refractivity contribution in [2.24, 2.45) is 0 Å². The molecule has 1 rings (SSSR count). The SMILES string of the molecule is O=Cc1nccn1CCCCCO. The molecule has 4 heteroatoms. The van der Waals surface area contributed by atoms with Gasteiger partial charge in [-0.15, -0.1) is 0 Å². The molecule has 0 saturated heterocycles. The minimum Gasteiger partial charge on any atom is -0.396 e. The second-order valence-electron chi connectivity index (χ2n) is 2.88. The number of aromatic nitrogens is 2. The predicted molar refractivity (Wildman–Crippen MR) is 48.6 cm³/mol. The molecule has 1 aromatic heterocycles. The average Bonchev–Trinajstić information content (AvgIpc) is 2.60. The van der Waals surface area contributed by atoms with Gasteiger partial charge in [-0.1, -0.05) is 0 Å². The Morgan fingerprint density at radius 2 is 2.31 bits per heavy atom. The highest BCUT2D eigenvalue weighted by Gasteiger charge is 1.99. The Bertz CT molecular complexity index is 258. The molecule has 0 fully saturated rings. The molecule has 0 bridgehead atoms. The van der Waals surface area contributed by atoms with Crippen molar-refractivity contribution in [2.45, 2.75) is 25.8 Å². The number of hydrogen-bond acceptors (Lipinski definition) is 3. The Balaban J connectivity index is 2.31. The maximum Gasteiger partial charge on any atom is 0.185 e. The van der Waals surface area contributed by atoms with Crippen LogP contribution in [0.4, 0.5) is 0 Å². The van der Waals surface area contributed by atoms with Gasteiger partial charge >= 0.3 is 0 Å². The minimum absolute atomic E-state index is 0.241. The van der Waals surface area contributed by atoms with Crippen molar-refractivity contribution in [1.82, 2.24) is 9.55 Å². The largest absolute Gasteiger partial charge is 0.396 e. The molecule has 0 saturated carbocycles. The molecule has 0 radical (unpaired) electrons. The number of rotatable bonds is 6. The van der Waals surface area contributed by atoms with Crippen LogP contribution in [0, 0.1) is 0 Å². The fourth-order valence-electron chi connectivity index (χ4n) is 1.20. The van der Waals surface area contributed by atoms with E-state index in [1.165, 1.54) is 0 Å². The van der Waals surface area contributed by atoms with E-state index in [4.69, 9.17) is 5.11 Å². The third kappa shape index (κ3) is 2.99. The highest BCUT2D eigenvalue weighted by Crippen LogP contribution is 2.00. The standard InChI is InChI=1S/C9H14N2O2/c12-7-3-1-2-5-11-6-4-10-9(11)8-13/h4,6,8,12H,1-3,5,7H2. The summed E-state index contributed by atoms with van der Waals surface area (Å²) in [5.41, 5.74) is 0. The molecule has 1 N–H and O–H groups in total. The summed E-state index contributed by atoms with van der Waals surface area (Å²) >= 11 is 0. The summed E-state index contributed by atoms with van der Waals surface area (Å²) in [5, 5.41) is 8.55. The second kappa shape index (κ2) is 5.48. The van der Waals surface area contributed by atoms with Crippen molar-refractivity contribution in [1.29, 1.82) is 0 Å². The minimum atomic E-state index is 0.241. The van der Waals surface area contributed by atoms with Crippen LogP contribution in [0.5, 0.6) is 0 Å².